The first-order valence-electron chi connectivity index (χ1n) is 4.92. The van der Waals surface area contributed by atoms with Crippen LogP contribution in [0.2, 0.25) is 0 Å². The Hall–Kier alpha value is -0.900. The van der Waals surface area contributed by atoms with Gasteiger partial charge in [0.1, 0.15) is 0 Å². The molecule has 0 aromatic heterocycles. The minimum atomic E-state index is -0.520. The van der Waals surface area contributed by atoms with Gasteiger partial charge in [-0.15, -0.1) is 0 Å². The van der Waals surface area contributed by atoms with Gasteiger partial charge in [-0.1, -0.05) is 30.3 Å². The third-order valence-corrected chi connectivity index (χ3v) is 2.66. The first-order valence-corrected chi connectivity index (χ1v) is 4.92. The molecular weight excluding hydrogens is 178 g/mol. The number of β-amino-alcohol motifs (C(OH)–C–C–N with tert-alkyl or cyclic N) is 1. The molecule has 2 rings (SSSR count). The Morgan fingerprint density at radius 1 is 1.29 bits per heavy atom. The summed E-state index contributed by atoms with van der Waals surface area (Å²) in [5, 5.41) is 22.4. The molecule has 1 unspecified atom stereocenters. The first kappa shape index (κ1) is 9.65. The number of aliphatic hydroxyl groups excluding tert-OH is 2. The molecule has 1 fully saturated rings. The maximum Gasteiger partial charge on any atom is 0.0943 e. The Morgan fingerprint density at radius 3 is 2.57 bits per heavy atom. The number of nitrogens with one attached hydrogen (secondary N) is 1. The molecule has 1 aliphatic heterocycles. The molecule has 14 heavy (non-hydrogen) atoms. The van der Waals surface area contributed by atoms with Crippen molar-refractivity contribution in [1.29, 1.82) is 0 Å². The molecule has 3 nitrogen and oxygen atoms in total. The molecule has 3 atom stereocenters. The smallest absolute Gasteiger partial charge is 0.0943 e. The van der Waals surface area contributed by atoms with Crippen LogP contribution in [-0.4, -0.2) is 28.9 Å². The number of hydrogen-bond acceptors (Lipinski definition) is 3. The van der Waals surface area contributed by atoms with Crippen LogP contribution in [0.4, 0.5) is 0 Å². The Labute approximate surface area is 83.4 Å². The zero-order valence-electron chi connectivity index (χ0n) is 7.93. The van der Waals surface area contributed by atoms with E-state index in [-0.39, 0.29) is 12.1 Å². The van der Waals surface area contributed by atoms with E-state index < -0.39 is 6.10 Å². The quantitative estimate of drug-likeness (QED) is 0.639. The number of aliphatic hydroxyl groups is 2. The van der Waals surface area contributed by atoms with Crippen LogP contribution in [0.3, 0.4) is 0 Å². The zero-order valence-corrected chi connectivity index (χ0v) is 7.93. The zero-order chi connectivity index (χ0) is 9.97. The van der Waals surface area contributed by atoms with Crippen molar-refractivity contribution in [2.24, 2.45) is 0 Å². The fourth-order valence-corrected chi connectivity index (χ4v) is 1.87. The number of hydrogen-bond donors (Lipinski definition) is 3. The summed E-state index contributed by atoms with van der Waals surface area (Å²) in [7, 11) is 0. The highest BCUT2D eigenvalue weighted by atomic mass is 16.3. The largest absolute Gasteiger partial charge is 0.392 e. The second-order valence-corrected chi connectivity index (χ2v) is 3.76. The van der Waals surface area contributed by atoms with Crippen LogP contribution in [0.5, 0.6) is 0 Å². The molecule has 0 radical (unpaired) electrons. The van der Waals surface area contributed by atoms with Gasteiger partial charge in [0.05, 0.1) is 12.2 Å². The highest BCUT2D eigenvalue weighted by molar-refractivity contribution is 5.19. The van der Waals surface area contributed by atoms with Gasteiger partial charge < -0.3 is 15.5 Å². The lowest BCUT2D eigenvalue weighted by Crippen LogP contribution is -2.28. The van der Waals surface area contributed by atoms with E-state index in [9.17, 15) is 10.2 Å². The third kappa shape index (κ3) is 1.95. The van der Waals surface area contributed by atoms with Crippen molar-refractivity contribution in [2.75, 3.05) is 6.54 Å². The van der Waals surface area contributed by atoms with Crippen molar-refractivity contribution in [1.82, 2.24) is 5.32 Å². The van der Waals surface area contributed by atoms with Gasteiger partial charge in [-0.3, -0.25) is 0 Å². The molecule has 0 aliphatic carbocycles. The van der Waals surface area contributed by atoms with Crippen LogP contribution in [0.25, 0.3) is 0 Å². The van der Waals surface area contributed by atoms with Gasteiger partial charge in [-0.2, -0.15) is 0 Å². The fourth-order valence-electron chi connectivity index (χ4n) is 1.87. The maximum atomic E-state index is 9.96. The summed E-state index contributed by atoms with van der Waals surface area (Å²) >= 11 is 0. The predicted molar refractivity (Wildman–Crippen MR) is 53.8 cm³/mol. The molecule has 3 heteroatoms. The molecule has 1 heterocycles. The summed E-state index contributed by atoms with van der Waals surface area (Å²) < 4.78 is 0. The van der Waals surface area contributed by atoms with Gasteiger partial charge in [-0.25, -0.2) is 0 Å². The normalized spacial score (nSPS) is 29.0. The predicted octanol–water partition coefficient (Wildman–Crippen LogP) is 0.443. The Bertz CT molecular complexity index is 289. The number of rotatable bonds is 2. The van der Waals surface area contributed by atoms with E-state index in [1.165, 1.54) is 0 Å². The topological polar surface area (TPSA) is 52.5 Å². The van der Waals surface area contributed by atoms with E-state index in [2.05, 4.69) is 5.32 Å². The fraction of sp³-hybridized carbons (Fsp3) is 0.455. The highest BCUT2D eigenvalue weighted by Gasteiger charge is 2.28. The van der Waals surface area contributed by atoms with Crippen molar-refractivity contribution in [3.8, 4) is 0 Å². The molecule has 3 N–H and O–H groups in total. The van der Waals surface area contributed by atoms with Crippen LogP contribution in [0.1, 0.15) is 18.1 Å². The van der Waals surface area contributed by atoms with Crippen LogP contribution >= 0.6 is 0 Å². The molecule has 1 aliphatic rings. The van der Waals surface area contributed by atoms with Crippen molar-refractivity contribution < 1.29 is 10.2 Å². The third-order valence-electron chi connectivity index (χ3n) is 2.66. The van der Waals surface area contributed by atoms with Crippen LogP contribution in [-0.2, 0) is 0 Å². The van der Waals surface area contributed by atoms with Gasteiger partial charge in [0.25, 0.3) is 0 Å². The van der Waals surface area contributed by atoms with Crippen molar-refractivity contribution in [3.63, 3.8) is 0 Å². The lowest BCUT2D eigenvalue weighted by atomic mass is 10.0. The van der Waals surface area contributed by atoms with Gasteiger partial charge in [0.15, 0.2) is 0 Å². The highest BCUT2D eigenvalue weighted by Crippen LogP contribution is 2.22. The maximum absolute atomic E-state index is 9.96. The summed E-state index contributed by atoms with van der Waals surface area (Å²) in [5.74, 6) is 0. The summed E-state index contributed by atoms with van der Waals surface area (Å²) in [4.78, 5) is 0. The van der Waals surface area contributed by atoms with Crippen molar-refractivity contribution in [3.05, 3.63) is 35.9 Å². The molecule has 1 aromatic rings. The van der Waals surface area contributed by atoms with E-state index in [1.807, 2.05) is 30.3 Å². The average molecular weight is 193 g/mol. The Kier molecular flexibility index (Phi) is 2.82. The molecular formula is C11H15NO2. The summed E-state index contributed by atoms with van der Waals surface area (Å²) in [5.41, 5.74) is 0.902. The van der Waals surface area contributed by atoms with Crippen molar-refractivity contribution >= 4 is 0 Å². The van der Waals surface area contributed by atoms with E-state index in [0.29, 0.717) is 13.0 Å². The Balaban J connectivity index is 2.05. The summed E-state index contributed by atoms with van der Waals surface area (Å²) in [6.07, 6.45) is -0.220. The van der Waals surface area contributed by atoms with E-state index in [0.717, 1.165) is 5.56 Å². The minimum absolute atomic E-state index is 0.0209. The van der Waals surface area contributed by atoms with Crippen LogP contribution in [0.15, 0.2) is 30.3 Å². The molecule has 0 spiro atoms. The van der Waals surface area contributed by atoms with E-state index in [1.54, 1.807) is 0 Å². The molecule has 1 saturated heterocycles. The van der Waals surface area contributed by atoms with Gasteiger partial charge in [0.2, 0.25) is 0 Å². The second kappa shape index (κ2) is 4.09. The lowest BCUT2D eigenvalue weighted by molar-refractivity contribution is 0.125. The standard InChI is InChI=1S/C11H15NO2/c13-9-6-10(12-7-9)11(14)8-4-2-1-3-5-8/h1-5,9-14H,6-7H2/t9-,10?,11-/m1/s1. The van der Waals surface area contributed by atoms with Crippen LogP contribution in [0, 0.1) is 0 Å². The molecule has 0 saturated carbocycles. The van der Waals surface area contributed by atoms with Crippen molar-refractivity contribution in [2.45, 2.75) is 24.7 Å². The molecule has 0 amide bonds. The molecule has 0 bridgehead atoms. The van der Waals surface area contributed by atoms with Crippen LogP contribution < -0.4 is 5.32 Å². The Morgan fingerprint density at radius 2 is 2.00 bits per heavy atom. The molecule has 76 valence electrons. The lowest BCUT2D eigenvalue weighted by Gasteiger charge is -2.18. The van der Waals surface area contributed by atoms with E-state index >= 15 is 0 Å². The second-order valence-electron chi connectivity index (χ2n) is 3.76. The van der Waals surface area contributed by atoms with Gasteiger partial charge >= 0.3 is 0 Å². The van der Waals surface area contributed by atoms with Gasteiger partial charge in [0, 0.05) is 12.6 Å². The average Bonchev–Trinajstić information content (AvgIpc) is 2.65. The SMILES string of the molecule is O[C@H]1CNC([C@H](O)c2ccccc2)C1. The van der Waals surface area contributed by atoms with E-state index in [4.69, 9.17) is 0 Å². The minimum Gasteiger partial charge on any atom is -0.392 e. The first-order chi connectivity index (χ1) is 6.77. The molecule has 1 aromatic carbocycles. The van der Waals surface area contributed by atoms with Gasteiger partial charge in [-0.05, 0) is 12.0 Å². The number of benzene rings is 1. The summed E-state index contributed by atoms with van der Waals surface area (Å²) in [6.45, 7) is 0.578. The monoisotopic (exact) mass is 193 g/mol. The summed E-state index contributed by atoms with van der Waals surface area (Å²) in [6, 6.07) is 9.52.